The Kier molecular flexibility index (Phi) is 4.81. The molecule has 2 aromatic rings. The zero-order valence-electron chi connectivity index (χ0n) is 11.3. The Morgan fingerprint density at radius 3 is 2.10 bits per heavy atom. The van der Waals surface area contributed by atoms with E-state index in [1.165, 1.54) is 12.1 Å². The van der Waals surface area contributed by atoms with Gasteiger partial charge in [0.05, 0.1) is 7.11 Å². The number of carbonyl (C=O) groups is 1. The predicted octanol–water partition coefficient (Wildman–Crippen LogP) is 0.986. The van der Waals surface area contributed by atoms with Crippen LogP contribution in [0.25, 0.3) is 0 Å². The molecule has 0 saturated carbocycles. The van der Waals surface area contributed by atoms with Crippen LogP contribution in [0, 0.1) is 0 Å². The average molecular weight is 287 g/mol. The van der Waals surface area contributed by atoms with Gasteiger partial charge in [0.15, 0.2) is 0 Å². The standard InChI is InChI=1S/C14H14BNO5/c1-20-12-6-8-13(9-7-12)21-14(17)16-11-4-2-10(3-5-11)15(18)19/h2-9,18-19H,1H3,(H,16,17). The first-order chi connectivity index (χ1) is 10.1. The molecular formula is C14H14BNO5. The molecule has 108 valence electrons. The summed E-state index contributed by atoms with van der Waals surface area (Å²) in [6.45, 7) is 0. The number of ether oxygens (including phenoxy) is 2. The minimum atomic E-state index is -1.54. The first-order valence-electron chi connectivity index (χ1n) is 6.17. The summed E-state index contributed by atoms with van der Waals surface area (Å²) in [6, 6.07) is 12.7. The summed E-state index contributed by atoms with van der Waals surface area (Å²) in [7, 11) is 0.0144. The van der Waals surface area contributed by atoms with Gasteiger partial charge in [0.1, 0.15) is 11.5 Å². The van der Waals surface area contributed by atoms with Crippen LogP contribution in [0.3, 0.4) is 0 Å². The first-order valence-corrected chi connectivity index (χ1v) is 6.17. The molecule has 2 aromatic carbocycles. The van der Waals surface area contributed by atoms with Crippen LogP contribution in [0.5, 0.6) is 11.5 Å². The molecule has 6 nitrogen and oxygen atoms in total. The fourth-order valence-corrected chi connectivity index (χ4v) is 1.63. The zero-order chi connectivity index (χ0) is 15.2. The van der Waals surface area contributed by atoms with Gasteiger partial charge in [-0.15, -0.1) is 0 Å². The Labute approximate surface area is 122 Å². The second kappa shape index (κ2) is 6.78. The lowest BCUT2D eigenvalue weighted by Crippen LogP contribution is -2.29. The number of rotatable bonds is 4. The highest BCUT2D eigenvalue weighted by atomic mass is 16.6. The van der Waals surface area contributed by atoms with E-state index < -0.39 is 13.2 Å². The van der Waals surface area contributed by atoms with Gasteiger partial charge in [0.25, 0.3) is 0 Å². The van der Waals surface area contributed by atoms with E-state index in [4.69, 9.17) is 19.5 Å². The van der Waals surface area contributed by atoms with Crippen LogP contribution in [0.1, 0.15) is 0 Å². The normalized spacial score (nSPS) is 9.86. The molecule has 0 spiro atoms. The van der Waals surface area contributed by atoms with Crippen molar-refractivity contribution in [3.8, 4) is 11.5 Å². The molecule has 0 saturated heterocycles. The van der Waals surface area contributed by atoms with E-state index in [0.717, 1.165) is 0 Å². The SMILES string of the molecule is COc1ccc(OC(=O)Nc2ccc(B(O)O)cc2)cc1. The lowest BCUT2D eigenvalue weighted by atomic mass is 9.80. The Morgan fingerprint density at radius 1 is 1.00 bits per heavy atom. The summed E-state index contributed by atoms with van der Waals surface area (Å²) in [6.07, 6.45) is -0.641. The molecule has 2 rings (SSSR count). The second-order valence-corrected chi connectivity index (χ2v) is 4.19. The van der Waals surface area contributed by atoms with Crippen LogP contribution in [0.15, 0.2) is 48.5 Å². The van der Waals surface area contributed by atoms with E-state index >= 15 is 0 Å². The summed E-state index contributed by atoms with van der Waals surface area (Å²) < 4.78 is 10.1. The van der Waals surface area contributed by atoms with Gasteiger partial charge < -0.3 is 19.5 Å². The molecule has 0 atom stereocenters. The van der Waals surface area contributed by atoms with Gasteiger partial charge in [-0.05, 0) is 41.9 Å². The molecule has 0 aliphatic heterocycles. The van der Waals surface area contributed by atoms with Crippen molar-refractivity contribution in [2.24, 2.45) is 0 Å². The molecule has 0 aliphatic carbocycles. The predicted molar refractivity (Wildman–Crippen MR) is 78.9 cm³/mol. The van der Waals surface area contributed by atoms with Gasteiger partial charge in [-0.3, -0.25) is 5.32 Å². The maximum atomic E-state index is 11.7. The molecule has 0 aromatic heterocycles. The maximum absolute atomic E-state index is 11.7. The molecule has 3 N–H and O–H groups in total. The molecular weight excluding hydrogens is 273 g/mol. The van der Waals surface area contributed by atoms with Gasteiger partial charge in [0.2, 0.25) is 0 Å². The minimum Gasteiger partial charge on any atom is -0.497 e. The van der Waals surface area contributed by atoms with E-state index in [1.807, 2.05) is 0 Å². The molecule has 0 aliphatic rings. The molecule has 0 heterocycles. The topological polar surface area (TPSA) is 88.0 Å². The molecule has 7 heteroatoms. The summed E-state index contributed by atoms with van der Waals surface area (Å²) in [5.74, 6) is 1.05. The number of carbonyl (C=O) groups excluding carboxylic acids is 1. The number of hydrogen-bond acceptors (Lipinski definition) is 5. The summed E-state index contributed by atoms with van der Waals surface area (Å²) >= 11 is 0. The maximum Gasteiger partial charge on any atom is 0.488 e. The molecule has 0 bridgehead atoms. The Morgan fingerprint density at radius 2 is 1.57 bits per heavy atom. The number of benzene rings is 2. The Bertz CT molecular complexity index is 598. The summed E-state index contributed by atoms with van der Waals surface area (Å²) in [5.41, 5.74) is 0.821. The highest BCUT2D eigenvalue weighted by Crippen LogP contribution is 2.17. The van der Waals surface area contributed by atoms with Gasteiger partial charge in [-0.2, -0.15) is 0 Å². The van der Waals surface area contributed by atoms with Crippen LogP contribution in [0.4, 0.5) is 10.5 Å². The monoisotopic (exact) mass is 287 g/mol. The number of nitrogens with one attached hydrogen (secondary N) is 1. The van der Waals surface area contributed by atoms with Gasteiger partial charge in [0, 0.05) is 5.69 Å². The van der Waals surface area contributed by atoms with Gasteiger partial charge in [-0.1, -0.05) is 12.1 Å². The molecule has 21 heavy (non-hydrogen) atoms. The van der Waals surface area contributed by atoms with Crippen molar-refractivity contribution in [3.63, 3.8) is 0 Å². The van der Waals surface area contributed by atoms with E-state index in [9.17, 15) is 4.79 Å². The smallest absolute Gasteiger partial charge is 0.488 e. The number of amides is 1. The summed E-state index contributed by atoms with van der Waals surface area (Å²) in [4.78, 5) is 11.7. The third kappa shape index (κ3) is 4.23. The van der Waals surface area contributed by atoms with Crippen molar-refractivity contribution in [2.45, 2.75) is 0 Å². The fraction of sp³-hybridized carbons (Fsp3) is 0.0714. The van der Waals surface area contributed by atoms with Crippen molar-refractivity contribution in [3.05, 3.63) is 48.5 Å². The van der Waals surface area contributed by atoms with Gasteiger partial charge in [-0.25, -0.2) is 4.79 Å². The Balaban J connectivity index is 1.94. The quantitative estimate of drug-likeness (QED) is 0.730. The number of methoxy groups -OCH3 is 1. The van der Waals surface area contributed by atoms with Crippen LogP contribution < -0.4 is 20.3 Å². The minimum absolute atomic E-state index is 0.337. The Hall–Kier alpha value is -2.51. The number of hydrogen-bond donors (Lipinski definition) is 3. The van der Waals surface area contributed by atoms with E-state index in [0.29, 0.717) is 22.6 Å². The molecule has 0 fully saturated rings. The van der Waals surface area contributed by atoms with E-state index in [1.54, 1.807) is 43.5 Å². The van der Waals surface area contributed by atoms with Crippen molar-refractivity contribution in [1.82, 2.24) is 0 Å². The van der Waals surface area contributed by atoms with Crippen LogP contribution in [-0.4, -0.2) is 30.4 Å². The number of anilines is 1. The van der Waals surface area contributed by atoms with Crippen molar-refractivity contribution in [1.29, 1.82) is 0 Å². The lowest BCUT2D eigenvalue weighted by Gasteiger charge is -2.08. The highest BCUT2D eigenvalue weighted by molar-refractivity contribution is 6.58. The molecule has 0 unspecified atom stereocenters. The summed E-state index contributed by atoms with van der Waals surface area (Å²) in [5, 5.41) is 20.5. The van der Waals surface area contributed by atoms with Crippen LogP contribution in [-0.2, 0) is 0 Å². The fourth-order valence-electron chi connectivity index (χ4n) is 1.63. The zero-order valence-corrected chi connectivity index (χ0v) is 11.3. The van der Waals surface area contributed by atoms with Crippen molar-refractivity contribution >= 4 is 24.4 Å². The van der Waals surface area contributed by atoms with Crippen molar-refractivity contribution < 1.29 is 24.3 Å². The highest BCUT2D eigenvalue weighted by Gasteiger charge is 2.11. The molecule has 0 radical (unpaired) electrons. The van der Waals surface area contributed by atoms with Crippen LogP contribution in [0.2, 0.25) is 0 Å². The van der Waals surface area contributed by atoms with E-state index in [2.05, 4.69) is 5.32 Å². The largest absolute Gasteiger partial charge is 0.497 e. The first kappa shape index (κ1) is 14.9. The van der Waals surface area contributed by atoms with E-state index in [-0.39, 0.29) is 0 Å². The molecule has 1 amide bonds. The second-order valence-electron chi connectivity index (χ2n) is 4.19. The third-order valence-electron chi connectivity index (χ3n) is 2.73. The van der Waals surface area contributed by atoms with Gasteiger partial charge >= 0.3 is 13.2 Å². The lowest BCUT2D eigenvalue weighted by molar-refractivity contribution is 0.215. The third-order valence-corrected chi connectivity index (χ3v) is 2.73. The van der Waals surface area contributed by atoms with Crippen molar-refractivity contribution in [2.75, 3.05) is 12.4 Å². The average Bonchev–Trinajstić information content (AvgIpc) is 2.48. The van der Waals surface area contributed by atoms with Crippen LogP contribution >= 0.6 is 0 Å².